The number of fused-ring (bicyclic) bond motifs is 13. The van der Waals surface area contributed by atoms with E-state index >= 15 is 0 Å². The SMILES string of the molecule is CC[C@@]12C=C(C(=O)OC)n3c4c(c5ccccc53)CCN(C=C3[C@H]5C[C@@H](O[C@H]31)[C@@]1(CC)C=C(C(=O)OC)n3c6c(c7ccccc73)CCN5[C@H]61)[C@H]42. The average Bonchev–Trinajstić information content (AvgIpc) is 3.70. The summed E-state index contributed by atoms with van der Waals surface area (Å²) >= 11 is 0. The number of carbonyl (C=O) groups is 2. The monoisotopic (exact) mass is 682 g/mol. The lowest BCUT2D eigenvalue weighted by Gasteiger charge is -2.66. The molecule has 11 rings (SSSR count). The van der Waals surface area contributed by atoms with Gasteiger partial charge in [0.05, 0.1) is 55.2 Å². The third kappa shape index (κ3) is 3.37. The summed E-state index contributed by atoms with van der Waals surface area (Å²) in [4.78, 5) is 32.9. The molecule has 7 aliphatic rings. The van der Waals surface area contributed by atoms with Crippen molar-refractivity contribution in [2.45, 2.75) is 76.3 Å². The fourth-order valence-corrected chi connectivity index (χ4v) is 12.0. The van der Waals surface area contributed by atoms with Crippen molar-refractivity contribution in [3.8, 4) is 0 Å². The number of methoxy groups -OCH3 is 2. The third-order valence-electron chi connectivity index (χ3n) is 14.0. The maximum Gasteiger partial charge on any atom is 0.354 e. The molecule has 0 radical (unpaired) electrons. The van der Waals surface area contributed by atoms with Gasteiger partial charge in [-0.2, -0.15) is 0 Å². The molecule has 2 aromatic heterocycles. The predicted molar refractivity (Wildman–Crippen MR) is 193 cm³/mol. The first kappa shape index (κ1) is 30.1. The van der Waals surface area contributed by atoms with Crippen LogP contribution >= 0.6 is 0 Å². The Morgan fingerprint density at radius 3 is 1.96 bits per heavy atom. The van der Waals surface area contributed by atoms with Crippen LogP contribution in [0.25, 0.3) is 33.2 Å². The molecule has 2 bridgehead atoms. The highest BCUT2D eigenvalue weighted by atomic mass is 16.5. The van der Waals surface area contributed by atoms with E-state index in [9.17, 15) is 9.59 Å². The number of benzene rings is 2. The molecule has 9 heterocycles. The Morgan fingerprint density at radius 1 is 0.784 bits per heavy atom. The van der Waals surface area contributed by atoms with Gasteiger partial charge in [-0.1, -0.05) is 50.2 Å². The van der Waals surface area contributed by atoms with Crippen molar-refractivity contribution in [1.29, 1.82) is 0 Å². The van der Waals surface area contributed by atoms with E-state index in [-0.39, 0.29) is 42.3 Å². The van der Waals surface area contributed by atoms with Crippen molar-refractivity contribution >= 4 is 45.1 Å². The summed E-state index contributed by atoms with van der Waals surface area (Å²) in [6.07, 6.45) is 10.8. The van der Waals surface area contributed by atoms with Crippen LogP contribution in [0.4, 0.5) is 0 Å². The summed E-state index contributed by atoms with van der Waals surface area (Å²) in [7, 11) is 2.96. The Kier molecular flexibility index (Phi) is 5.92. The van der Waals surface area contributed by atoms with E-state index in [0.29, 0.717) is 11.4 Å². The van der Waals surface area contributed by atoms with Crippen LogP contribution in [0, 0.1) is 10.8 Å². The topological polar surface area (TPSA) is 78.2 Å². The van der Waals surface area contributed by atoms with E-state index in [4.69, 9.17) is 14.2 Å². The highest BCUT2D eigenvalue weighted by molar-refractivity contribution is 6.14. The maximum absolute atomic E-state index is 13.8. The van der Waals surface area contributed by atoms with Gasteiger partial charge in [0.2, 0.25) is 0 Å². The molecule has 0 N–H and O–H groups in total. The van der Waals surface area contributed by atoms with Gasteiger partial charge >= 0.3 is 11.9 Å². The number of aromatic nitrogens is 2. The van der Waals surface area contributed by atoms with Crippen LogP contribution in [-0.2, 0) is 36.6 Å². The number of rotatable bonds is 4. The Bertz CT molecular complexity index is 2340. The number of hydrogen-bond acceptors (Lipinski definition) is 7. The van der Waals surface area contributed by atoms with Crippen molar-refractivity contribution in [2.75, 3.05) is 27.3 Å². The standard InChI is InChI=1S/C42H42N4O5/c1-5-41-20-31(39(47)49-3)46-29-14-10-8-12-24(29)26-16-18-44(37(41)35(26)46)30-19-33(41)51-38-27(30)22-43-17-15-25-23-11-7-9-13-28(23)45-32(40(48)50-4)21-42(38,6-2)36(43)34(25)45/h7-14,20-22,30,33,36-38H,5-6,15-19H2,1-4H3/t30-,33-,36-,37-,38-,41-,42+/m1/s1. The van der Waals surface area contributed by atoms with Crippen LogP contribution in [0.2, 0.25) is 0 Å². The molecular formula is C42H42N4O5. The Labute approximate surface area is 296 Å². The lowest BCUT2D eigenvalue weighted by molar-refractivity contribution is -0.202. The second kappa shape index (κ2) is 10.0. The van der Waals surface area contributed by atoms with Gasteiger partial charge in [-0.25, -0.2) is 9.59 Å². The Balaban J connectivity index is 1.16. The van der Waals surface area contributed by atoms with Crippen LogP contribution in [0.3, 0.4) is 0 Å². The summed E-state index contributed by atoms with van der Waals surface area (Å²) < 4.78 is 23.1. The minimum atomic E-state index is -0.509. The zero-order valence-corrected chi connectivity index (χ0v) is 29.5. The van der Waals surface area contributed by atoms with Gasteiger partial charge in [0.1, 0.15) is 11.4 Å². The van der Waals surface area contributed by atoms with E-state index < -0.39 is 10.8 Å². The van der Waals surface area contributed by atoms with Gasteiger partial charge in [-0.3, -0.25) is 4.90 Å². The van der Waals surface area contributed by atoms with E-state index in [1.54, 1.807) is 0 Å². The number of ether oxygens (including phenoxy) is 3. The van der Waals surface area contributed by atoms with Crippen LogP contribution in [0.5, 0.6) is 0 Å². The average molecular weight is 683 g/mol. The van der Waals surface area contributed by atoms with Crippen molar-refractivity contribution in [3.63, 3.8) is 0 Å². The lowest BCUT2D eigenvalue weighted by atomic mass is 9.57. The van der Waals surface area contributed by atoms with E-state index in [2.05, 4.69) is 99.7 Å². The van der Waals surface area contributed by atoms with Crippen LogP contribution in [0.1, 0.15) is 67.7 Å². The molecule has 260 valence electrons. The highest BCUT2D eigenvalue weighted by Gasteiger charge is 2.66. The first-order valence-corrected chi connectivity index (χ1v) is 18.7. The number of carbonyl (C=O) groups excluding carboxylic acids is 2. The van der Waals surface area contributed by atoms with Crippen molar-refractivity contribution in [3.05, 3.63) is 95.0 Å². The van der Waals surface area contributed by atoms with Gasteiger partial charge in [-0.05, 0) is 73.1 Å². The second-order valence-corrected chi connectivity index (χ2v) is 15.6. The summed E-state index contributed by atoms with van der Waals surface area (Å²) in [5.74, 6) is -0.646. The zero-order chi connectivity index (χ0) is 34.6. The van der Waals surface area contributed by atoms with Gasteiger partial charge in [0.25, 0.3) is 0 Å². The normalized spacial score (nSPS) is 32.4. The lowest BCUT2D eigenvalue weighted by Crippen LogP contribution is -2.69. The van der Waals surface area contributed by atoms with Crippen molar-refractivity contribution in [1.82, 2.24) is 18.9 Å². The van der Waals surface area contributed by atoms with Crippen LogP contribution < -0.4 is 0 Å². The number of esters is 2. The van der Waals surface area contributed by atoms with Gasteiger partial charge in [-0.15, -0.1) is 0 Å². The molecule has 51 heavy (non-hydrogen) atoms. The molecular weight excluding hydrogens is 640 g/mol. The maximum atomic E-state index is 13.8. The molecule has 9 nitrogen and oxygen atoms in total. The molecule has 4 aromatic rings. The molecule has 7 atom stereocenters. The number of piperidine rings is 1. The van der Waals surface area contributed by atoms with Crippen LogP contribution in [-0.4, -0.2) is 76.4 Å². The molecule has 0 amide bonds. The molecule has 0 unspecified atom stereocenters. The van der Waals surface area contributed by atoms with Gasteiger partial charge in [0.15, 0.2) is 0 Å². The molecule has 2 fully saturated rings. The molecule has 7 aliphatic heterocycles. The smallest absolute Gasteiger partial charge is 0.354 e. The highest BCUT2D eigenvalue weighted by Crippen LogP contribution is 2.66. The molecule has 2 saturated heterocycles. The fraction of sp³-hybridized carbons (Fsp3) is 0.429. The number of hydrogen-bond donors (Lipinski definition) is 0. The number of nitrogens with zero attached hydrogens (tertiary/aromatic N) is 4. The molecule has 9 heteroatoms. The summed E-state index contributed by atoms with van der Waals surface area (Å²) in [6, 6.07) is 17.2. The zero-order valence-electron chi connectivity index (χ0n) is 29.5. The summed E-state index contributed by atoms with van der Waals surface area (Å²) in [5, 5.41) is 2.43. The van der Waals surface area contributed by atoms with Crippen LogP contribution in [0.15, 0.2) is 72.5 Å². The summed E-state index contributed by atoms with van der Waals surface area (Å²) in [6.45, 7) is 6.35. The Morgan fingerprint density at radius 2 is 1.35 bits per heavy atom. The van der Waals surface area contributed by atoms with E-state index in [0.717, 1.165) is 56.2 Å². The fourth-order valence-electron chi connectivity index (χ4n) is 12.0. The van der Waals surface area contributed by atoms with E-state index in [1.165, 1.54) is 53.1 Å². The Hall–Kier alpha value is -4.60. The van der Waals surface area contributed by atoms with Crippen molar-refractivity contribution in [2.24, 2.45) is 10.8 Å². The second-order valence-electron chi connectivity index (χ2n) is 15.6. The molecule has 0 aliphatic carbocycles. The largest absolute Gasteiger partial charge is 0.464 e. The minimum absolute atomic E-state index is 0.0102. The number of para-hydroxylation sites is 2. The van der Waals surface area contributed by atoms with E-state index in [1.807, 2.05) is 0 Å². The quantitative estimate of drug-likeness (QED) is 0.231. The minimum Gasteiger partial charge on any atom is -0.464 e. The first-order valence-electron chi connectivity index (χ1n) is 18.7. The van der Waals surface area contributed by atoms with Crippen molar-refractivity contribution < 1.29 is 23.8 Å². The molecule has 2 aromatic carbocycles. The summed E-state index contributed by atoms with van der Waals surface area (Å²) in [5.41, 5.74) is 8.73. The first-order chi connectivity index (χ1) is 24.9. The van der Waals surface area contributed by atoms with Gasteiger partial charge < -0.3 is 28.2 Å². The predicted octanol–water partition coefficient (Wildman–Crippen LogP) is 6.38. The third-order valence-corrected chi connectivity index (χ3v) is 14.0. The van der Waals surface area contributed by atoms with Gasteiger partial charge in [0, 0.05) is 52.6 Å². The molecule has 0 saturated carbocycles. The molecule has 0 spiro atoms.